The van der Waals surface area contributed by atoms with Gasteiger partial charge in [-0.15, -0.1) is 0 Å². The summed E-state index contributed by atoms with van der Waals surface area (Å²) in [6.07, 6.45) is 2.75. The van der Waals surface area contributed by atoms with Gasteiger partial charge in [0.05, 0.1) is 6.61 Å². The Labute approximate surface area is 114 Å². The Morgan fingerprint density at radius 1 is 1.32 bits per heavy atom. The maximum Gasteiger partial charge on any atom is 0.260 e. The monoisotopic (exact) mass is 265 g/mol. The summed E-state index contributed by atoms with van der Waals surface area (Å²) in [5, 5.41) is 11.8. The number of unbranched alkanes of at least 4 members (excludes halogenated alkanes) is 2. The normalized spacial score (nSPS) is 11.9. The Balaban J connectivity index is 2.35. The van der Waals surface area contributed by atoms with Gasteiger partial charge >= 0.3 is 0 Å². The maximum atomic E-state index is 11.8. The van der Waals surface area contributed by atoms with Gasteiger partial charge in [-0.3, -0.25) is 4.79 Å². The average molecular weight is 265 g/mol. The second-order valence-corrected chi connectivity index (χ2v) is 4.56. The van der Waals surface area contributed by atoms with Crippen LogP contribution in [0.2, 0.25) is 0 Å². The maximum absolute atomic E-state index is 11.8. The van der Waals surface area contributed by atoms with E-state index in [-0.39, 0.29) is 12.5 Å². The zero-order valence-electron chi connectivity index (χ0n) is 11.7. The number of hydrogen-bond donors (Lipinski definition) is 2. The molecule has 19 heavy (non-hydrogen) atoms. The van der Waals surface area contributed by atoms with E-state index in [9.17, 15) is 4.79 Å². The highest BCUT2D eigenvalue weighted by Crippen LogP contribution is 2.13. The van der Waals surface area contributed by atoms with E-state index in [1.54, 1.807) is 31.2 Å². The molecule has 1 amide bonds. The highest BCUT2D eigenvalue weighted by molar-refractivity contribution is 5.80. The molecule has 0 radical (unpaired) electrons. The summed E-state index contributed by atoms with van der Waals surface area (Å²) in [5.74, 6) is 0.538. The molecule has 0 saturated heterocycles. The lowest BCUT2D eigenvalue weighted by molar-refractivity contribution is -0.127. The zero-order chi connectivity index (χ0) is 14.1. The molecule has 1 aromatic rings. The molecule has 0 aromatic heterocycles. The van der Waals surface area contributed by atoms with E-state index in [4.69, 9.17) is 9.84 Å². The molecule has 2 N–H and O–H groups in total. The number of hydrogen-bond acceptors (Lipinski definition) is 3. The van der Waals surface area contributed by atoms with Gasteiger partial charge < -0.3 is 15.2 Å². The minimum absolute atomic E-state index is 0.00769. The molecular weight excluding hydrogens is 242 g/mol. The summed E-state index contributed by atoms with van der Waals surface area (Å²) in [7, 11) is 0. The molecule has 0 fully saturated rings. The van der Waals surface area contributed by atoms with Crippen molar-refractivity contribution in [3.05, 3.63) is 29.8 Å². The molecule has 0 saturated carbocycles. The van der Waals surface area contributed by atoms with Crippen molar-refractivity contribution < 1.29 is 14.6 Å². The Morgan fingerprint density at radius 2 is 2.00 bits per heavy atom. The number of aliphatic hydroxyl groups is 1. The van der Waals surface area contributed by atoms with Gasteiger partial charge in [-0.05, 0) is 31.0 Å². The smallest absolute Gasteiger partial charge is 0.260 e. The van der Waals surface area contributed by atoms with Gasteiger partial charge in [-0.2, -0.15) is 0 Å². The van der Waals surface area contributed by atoms with Gasteiger partial charge in [0.1, 0.15) is 5.75 Å². The topological polar surface area (TPSA) is 58.6 Å². The van der Waals surface area contributed by atoms with Gasteiger partial charge in [-0.1, -0.05) is 31.9 Å². The molecule has 0 heterocycles. The molecule has 1 atom stereocenters. The van der Waals surface area contributed by atoms with Crippen LogP contribution in [0.4, 0.5) is 0 Å². The SMILES string of the molecule is CCCCCNC(=O)C(C)Oc1ccc(CO)cc1. The lowest BCUT2D eigenvalue weighted by Crippen LogP contribution is -2.36. The standard InChI is InChI=1S/C15H23NO3/c1-3-4-5-10-16-15(18)12(2)19-14-8-6-13(11-17)7-9-14/h6-9,12,17H,3-5,10-11H2,1-2H3,(H,16,18). The molecule has 0 aliphatic rings. The second-order valence-electron chi connectivity index (χ2n) is 4.56. The lowest BCUT2D eigenvalue weighted by Gasteiger charge is -2.14. The Bertz CT molecular complexity index is 375. The molecule has 0 aliphatic carbocycles. The lowest BCUT2D eigenvalue weighted by atomic mass is 10.2. The quantitative estimate of drug-likeness (QED) is 0.709. The van der Waals surface area contributed by atoms with Crippen molar-refractivity contribution in [2.24, 2.45) is 0 Å². The number of carbonyl (C=O) groups excluding carboxylic acids is 1. The van der Waals surface area contributed by atoms with Gasteiger partial charge in [-0.25, -0.2) is 0 Å². The zero-order valence-corrected chi connectivity index (χ0v) is 11.7. The van der Waals surface area contributed by atoms with Crippen LogP contribution in [0.25, 0.3) is 0 Å². The van der Waals surface area contributed by atoms with Crippen LogP contribution in [0.1, 0.15) is 38.7 Å². The molecule has 0 spiro atoms. The number of ether oxygens (including phenoxy) is 1. The van der Waals surface area contributed by atoms with Crippen LogP contribution in [0, 0.1) is 0 Å². The van der Waals surface area contributed by atoms with Crippen molar-refractivity contribution in [2.45, 2.75) is 45.8 Å². The molecule has 1 aromatic carbocycles. The van der Waals surface area contributed by atoms with Crippen LogP contribution in [0.5, 0.6) is 5.75 Å². The number of aliphatic hydroxyl groups excluding tert-OH is 1. The third-order valence-electron chi connectivity index (χ3n) is 2.87. The number of amides is 1. The number of carbonyl (C=O) groups is 1. The molecule has 0 aliphatic heterocycles. The molecule has 1 rings (SSSR count). The number of rotatable bonds is 8. The fraction of sp³-hybridized carbons (Fsp3) is 0.533. The van der Waals surface area contributed by atoms with Crippen LogP contribution in [0.3, 0.4) is 0 Å². The molecule has 106 valence electrons. The third kappa shape index (κ3) is 5.75. The van der Waals surface area contributed by atoms with Crippen LogP contribution >= 0.6 is 0 Å². The first-order valence-electron chi connectivity index (χ1n) is 6.81. The minimum Gasteiger partial charge on any atom is -0.481 e. The minimum atomic E-state index is -0.512. The Morgan fingerprint density at radius 3 is 2.58 bits per heavy atom. The van der Waals surface area contributed by atoms with E-state index in [1.807, 2.05) is 0 Å². The summed E-state index contributed by atoms with van der Waals surface area (Å²) in [6.45, 7) is 4.57. The highest BCUT2D eigenvalue weighted by Gasteiger charge is 2.13. The van der Waals surface area contributed by atoms with Crippen molar-refractivity contribution in [2.75, 3.05) is 6.54 Å². The summed E-state index contributed by atoms with van der Waals surface area (Å²) < 4.78 is 5.54. The first-order valence-corrected chi connectivity index (χ1v) is 6.81. The van der Waals surface area contributed by atoms with Crippen molar-refractivity contribution in [3.8, 4) is 5.75 Å². The first-order chi connectivity index (χ1) is 9.17. The fourth-order valence-corrected chi connectivity index (χ4v) is 1.66. The summed E-state index contributed by atoms with van der Waals surface area (Å²) in [6, 6.07) is 7.07. The van der Waals surface area contributed by atoms with E-state index < -0.39 is 6.10 Å². The van der Waals surface area contributed by atoms with E-state index in [1.165, 1.54) is 0 Å². The molecule has 4 nitrogen and oxygen atoms in total. The van der Waals surface area contributed by atoms with Crippen molar-refractivity contribution >= 4 is 5.91 Å². The van der Waals surface area contributed by atoms with Gasteiger partial charge in [0, 0.05) is 6.54 Å². The van der Waals surface area contributed by atoms with Gasteiger partial charge in [0.2, 0.25) is 0 Å². The van der Waals surface area contributed by atoms with Crippen molar-refractivity contribution in [1.82, 2.24) is 5.32 Å². The van der Waals surface area contributed by atoms with Crippen LogP contribution in [-0.4, -0.2) is 23.7 Å². The number of nitrogens with one attached hydrogen (secondary N) is 1. The Kier molecular flexibility index (Phi) is 6.97. The molecular formula is C15H23NO3. The molecule has 0 bridgehead atoms. The van der Waals surface area contributed by atoms with Crippen molar-refractivity contribution in [1.29, 1.82) is 0 Å². The predicted octanol–water partition coefficient (Wildman–Crippen LogP) is 2.25. The molecule has 1 unspecified atom stereocenters. The first kappa shape index (κ1) is 15.5. The average Bonchev–Trinajstić information content (AvgIpc) is 2.44. The van der Waals surface area contributed by atoms with Crippen LogP contribution in [-0.2, 0) is 11.4 Å². The third-order valence-corrected chi connectivity index (χ3v) is 2.87. The summed E-state index contributed by atoms with van der Waals surface area (Å²) >= 11 is 0. The number of benzene rings is 1. The predicted molar refractivity (Wildman–Crippen MR) is 75.0 cm³/mol. The largest absolute Gasteiger partial charge is 0.481 e. The summed E-state index contributed by atoms with van der Waals surface area (Å²) in [5.41, 5.74) is 0.823. The van der Waals surface area contributed by atoms with Crippen LogP contribution < -0.4 is 10.1 Å². The molecule has 4 heteroatoms. The van der Waals surface area contributed by atoms with E-state index in [0.717, 1.165) is 24.8 Å². The van der Waals surface area contributed by atoms with E-state index in [0.29, 0.717) is 12.3 Å². The van der Waals surface area contributed by atoms with Crippen LogP contribution in [0.15, 0.2) is 24.3 Å². The fourth-order valence-electron chi connectivity index (χ4n) is 1.66. The van der Waals surface area contributed by atoms with E-state index >= 15 is 0 Å². The highest BCUT2D eigenvalue weighted by atomic mass is 16.5. The van der Waals surface area contributed by atoms with Gasteiger partial charge in [0.15, 0.2) is 6.10 Å². The van der Waals surface area contributed by atoms with Gasteiger partial charge in [0.25, 0.3) is 5.91 Å². The van der Waals surface area contributed by atoms with E-state index in [2.05, 4.69) is 12.2 Å². The summed E-state index contributed by atoms with van der Waals surface area (Å²) in [4.78, 5) is 11.8. The Hall–Kier alpha value is -1.55. The van der Waals surface area contributed by atoms with Crippen molar-refractivity contribution in [3.63, 3.8) is 0 Å². The second kappa shape index (κ2) is 8.53.